The van der Waals surface area contributed by atoms with Crippen LogP contribution < -0.4 is 11.1 Å². The largest absolute Gasteiger partial charge is 0.344 e. The standard InChI is InChI=1S/C20H21FN4O2.ClH/c1-12(17(22)14-7-4-3-5-8-14)19(26)23-13(2)20-24-18(25-27-20)15-9-6-10-16(21)11-15;/h3-13,17H,22H2,1-2H3,(H,23,26);1H. The van der Waals surface area contributed by atoms with Gasteiger partial charge < -0.3 is 15.6 Å². The molecule has 0 aliphatic heterocycles. The van der Waals surface area contributed by atoms with Gasteiger partial charge in [0.25, 0.3) is 0 Å². The zero-order valence-electron chi connectivity index (χ0n) is 15.5. The summed E-state index contributed by atoms with van der Waals surface area (Å²) in [6.45, 7) is 3.51. The molecule has 2 aromatic carbocycles. The van der Waals surface area contributed by atoms with Crippen LogP contribution in [0.1, 0.15) is 37.4 Å². The minimum atomic E-state index is -0.502. The summed E-state index contributed by atoms with van der Waals surface area (Å²) < 4.78 is 18.6. The average molecular weight is 405 g/mol. The van der Waals surface area contributed by atoms with Crippen LogP contribution in [0.3, 0.4) is 0 Å². The molecule has 8 heteroatoms. The molecule has 0 radical (unpaired) electrons. The number of carbonyl (C=O) groups excluding carboxylic acids is 1. The number of carbonyl (C=O) groups is 1. The van der Waals surface area contributed by atoms with Crippen LogP contribution in [0, 0.1) is 11.7 Å². The Morgan fingerprint density at radius 2 is 1.86 bits per heavy atom. The molecule has 0 aliphatic rings. The monoisotopic (exact) mass is 404 g/mol. The molecule has 0 bridgehead atoms. The molecule has 0 aliphatic carbocycles. The Morgan fingerprint density at radius 3 is 2.54 bits per heavy atom. The Balaban J connectivity index is 0.00000280. The van der Waals surface area contributed by atoms with E-state index < -0.39 is 18.0 Å². The predicted molar refractivity (Wildman–Crippen MR) is 106 cm³/mol. The van der Waals surface area contributed by atoms with Gasteiger partial charge in [-0.15, -0.1) is 12.4 Å². The van der Waals surface area contributed by atoms with Crippen molar-refractivity contribution < 1.29 is 13.7 Å². The first-order valence-corrected chi connectivity index (χ1v) is 8.66. The molecule has 0 fully saturated rings. The van der Waals surface area contributed by atoms with E-state index in [2.05, 4.69) is 15.5 Å². The molecule has 148 valence electrons. The van der Waals surface area contributed by atoms with Gasteiger partial charge in [0, 0.05) is 11.6 Å². The fourth-order valence-electron chi connectivity index (χ4n) is 2.69. The summed E-state index contributed by atoms with van der Waals surface area (Å²) in [5, 5.41) is 6.69. The van der Waals surface area contributed by atoms with Gasteiger partial charge in [-0.3, -0.25) is 4.79 Å². The van der Waals surface area contributed by atoms with Crippen LogP contribution in [-0.4, -0.2) is 16.0 Å². The Labute approximate surface area is 168 Å². The number of nitrogens with two attached hydrogens (primary N) is 1. The SMILES string of the molecule is CC(NC(=O)C(C)C(N)c1ccccc1)c1nc(-c2cccc(F)c2)no1.Cl. The summed E-state index contributed by atoms with van der Waals surface area (Å²) in [6.07, 6.45) is 0. The molecule has 0 spiro atoms. The summed E-state index contributed by atoms with van der Waals surface area (Å²) in [7, 11) is 0. The molecule has 1 aromatic heterocycles. The lowest BCUT2D eigenvalue weighted by atomic mass is 9.94. The number of nitrogens with one attached hydrogen (secondary N) is 1. The minimum Gasteiger partial charge on any atom is -0.344 e. The van der Waals surface area contributed by atoms with E-state index in [0.29, 0.717) is 5.56 Å². The van der Waals surface area contributed by atoms with E-state index in [1.165, 1.54) is 12.1 Å². The van der Waals surface area contributed by atoms with Crippen molar-refractivity contribution in [1.29, 1.82) is 0 Å². The predicted octanol–water partition coefficient (Wildman–Crippen LogP) is 3.81. The highest BCUT2D eigenvalue weighted by atomic mass is 35.5. The van der Waals surface area contributed by atoms with E-state index >= 15 is 0 Å². The van der Waals surface area contributed by atoms with Gasteiger partial charge >= 0.3 is 0 Å². The first kappa shape index (κ1) is 21.5. The van der Waals surface area contributed by atoms with Crippen LogP contribution in [0.25, 0.3) is 11.4 Å². The topological polar surface area (TPSA) is 94.0 Å². The average Bonchev–Trinajstić information content (AvgIpc) is 3.18. The molecule has 0 saturated heterocycles. The normalized spacial score (nSPS) is 13.9. The lowest BCUT2D eigenvalue weighted by Gasteiger charge is -2.21. The third-order valence-electron chi connectivity index (χ3n) is 4.39. The van der Waals surface area contributed by atoms with Gasteiger partial charge in [-0.1, -0.05) is 54.5 Å². The first-order valence-electron chi connectivity index (χ1n) is 8.66. The fourth-order valence-corrected chi connectivity index (χ4v) is 2.69. The molecule has 3 unspecified atom stereocenters. The van der Waals surface area contributed by atoms with Gasteiger partial charge in [0.15, 0.2) is 0 Å². The van der Waals surface area contributed by atoms with Gasteiger partial charge in [0.1, 0.15) is 11.9 Å². The second kappa shape index (κ2) is 9.43. The van der Waals surface area contributed by atoms with Crippen molar-refractivity contribution in [3.63, 3.8) is 0 Å². The number of rotatable bonds is 6. The van der Waals surface area contributed by atoms with Crippen molar-refractivity contribution in [2.24, 2.45) is 11.7 Å². The minimum absolute atomic E-state index is 0. The maximum Gasteiger partial charge on any atom is 0.249 e. The van der Waals surface area contributed by atoms with E-state index in [9.17, 15) is 9.18 Å². The Morgan fingerprint density at radius 1 is 1.14 bits per heavy atom. The van der Waals surface area contributed by atoms with E-state index in [4.69, 9.17) is 10.3 Å². The molecule has 3 atom stereocenters. The molecule has 28 heavy (non-hydrogen) atoms. The summed E-state index contributed by atoms with van der Waals surface area (Å²) >= 11 is 0. The Hall–Kier alpha value is -2.77. The molecular formula is C20H22ClFN4O2. The van der Waals surface area contributed by atoms with Crippen LogP contribution in [0.2, 0.25) is 0 Å². The van der Waals surface area contributed by atoms with Crippen molar-refractivity contribution >= 4 is 18.3 Å². The van der Waals surface area contributed by atoms with Crippen molar-refractivity contribution in [2.45, 2.75) is 25.9 Å². The van der Waals surface area contributed by atoms with Crippen LogP contribution in [0.15, 0.2) is 59.1 Å². The van der Waals surface area contributed by atoms with Gasteiger partial charge in [-0.2, -0.15) is 4.98 Å². The molecular weight excluding hydrogens is 383 g/mol. The number of amides is 1. The zero-order chi connectivity index (χ0) is 19.4. The molecule has 6 nitrogen and oxygen atoms in total. The van der Waals surface area contributed by atoms with Crippen LogP contribution in [0.5, 0.6) is 0 Å². The van der Waals surface area contributed by atoms with Crippen LogP contribution >= 0.6 is 12.4 Å². The highest BCUT2D eigenvalue weighted by Crippen LogP contribution is 2.22. The lowest BCUT2D eigenvalue weighted by Crippen LogP contribution is -2.37. The van der Waals surface area contributed by atoms with Crippen molar-refractivity contribution in [3.05, 3.63) is 71.9 Å². The van der Waals surface area contributed by atoms with Crippen LogP contribution in [-0.2, 0) is 4.79 Å². The molecule has 3 aromatic rings. The van der Waals surface area contributed by atoms with E-state index in [1.807, 2.05) is 30.3 Å². The van der Waals surface area contributed by atoms with E-state index in [0.717, 1.165) is 5.56 Å². The molecule has 1 heterocycles. The Bertz CT molecular complexity index is 919. The number of halogens is 2. The third-order valence-corrected chi connectivity index (χ3v) is 4.39. The summed E-state index contributed by atoms with van der Waals surface area (Å²) in [5.74, 6) is -0.545. The summed E-state index contributed by atoms with van der Waals surface area (Å²) in [5.41, 5.74) is 7.59. The summed E-state index contributed by atoms with van der Waals surface area (Å²) in [6, 6.07) is 14.4. The van der Waals surface area contributed by atoms with Crippen LogP contribution in [0.4, 0.5) is 4.39 Å². The smallest absolute Gasteiger partial charge is 0.249 e. The lowest BCUT2D eigenvalue weighted by molar-refractivity contribution is -0.126. The highest BCUT2D eigenvalue weighted by molar-refractivity contribution is 5.85. The first-order chi connectivity index (χ1) is 13.0. The zero-order valence-corrected chi connectivity index (χ0v) is 16.3. The second-order valence-corrected chi connectivity index (χ2v) is 6.42. The quantitative estimate of drug-likeness (QED) is 0.651. The third kappa shape index (κ3) is 4.94. The Kier molecular flexibility index (Phi) is 7.25. The van der Waals surface area contributed by atoms with Crippen molar-refractivity contribution in [1.82, 2.24) is 15.5 Å². The number of hydrogen-bond acceptors (Lipinski definition) is 5. The maximum atomic E-state index is 13.3. The molecule has 1 amide bonds. The van der Waals surface area contributed by atoms with Gasteiger partial charge in [-0.05, 0) is 24.6 Å². The second-order valence-electron chi connectivity index (χ2n) is 6.42. The van der Waals surface area contributed by atoms with Crippen molar-refractivity contribution in [3.8, 4) is 11.4 Å². The van der Waals surface area contributed by atoms with Gasteiger partial charge in [0.2, 0.25) is 17.6 Å². The van der Waals surface area contributed by atoms with Gasteiger partial charge in [0.05, 0.1) is 5.92 Å². The summed E-state index contributed by atoms with van der Waals surface area (Å²) in [4.78, 5) is 16.8. The molecule has 0 saturated carbocycles. The number of benzene rings is 2. The van der Waals surface area contributed by atoms with E-state index in [-0.39, 0.29) is 35.8 Å². The molecule has 3 N–H and O–H groups in total. The van der Waals surface area contributed by atoms with E-state index in [1.54, 1.807) is 26.0 Å². The maximum absolute atomic E-state index is 13.3. The molecule has 3 rings (SSSR count). The van der Waals surface area contributed by atoms with Crippen molar-refractivity contribution in [2.75, 3.05) is 0 Å². The van der Waals surface area contributed by atoms with Gasteiger partial charge in [-0.25, -0.2) is 4.39 Å². The number of nitrogens with zero attached hydrogens (tertiary/aromatic N) is 2. The highest BCUT2D eigenvalue weighted by Gasteiger charge is 2.25. The fraction of sp³-hybridized carbons (Fsp3) is 0.250. The number of aromatic nitrogens is 2. The number of hydrogen-bond donors (Lipinski definition) is 2.